The molecule has 2 aromatic carbocycles. The topological polar surface area (TPSA) is 38.7 Å². The van der Waals surface area contributed by atoms with Crippen molar-refractivity contribution >= 4 is 11.9 Å². The molecule has 0 aromatic heterocycles. The first-order chi connectivity index (χ1) is 10.5. The van der Waals surface area contributed by atoms with Crippen molar-refractivity contribution in [2.24, 2.45) is 4.99 Å². The third-order valence-electron chi connectivity index (χ3n) is 4.12. The zero-order chi connectivity index (χ0) is 15.7. The number of esters is 1. The van der Waals surface area contributed by atoms with Gasteiger partial charge in [-0.1, -0.05) is 36.4 Å². The lowest BCUT2D eigenvalue weighted by Crippen LogP contribution is -2.32. The van der Waals surface area contributed by atoms with Crippen LogP contribution in [0.1, 0.15) is 29.2 Å². The van der Waals surface area contributed by atoms with E-state index in [4.69, 9.17) is 4.74 Å². The van der Waals surface area contributed by atoms with Crippen LogP contribution in [0, 0.1) is 13.8 Å². The quantitative estimate of drug-likeness (QED) is 0.811. The largest absolute Gasteiger partial charge is 0.405 e. The number of ether oxygens (including phenoxy) is 1. The summed E-state index contributed by atoms with van der Waals surface area (Å²) in [5.41, 5.74) is 3.55. The normalized spacial score (nSPS) is 20.7. The van der Waals surface area contributed by atoms with E-state index in [0.29, 0.717) is 12.3 Å². The molecule has 0 aliphatic carbocycles. The minimum atomic E-state index is -0.854. The Labute approximate surface area is 130 Å². The highest BCUT2D eigenvalue weighted by molar-refractivity contribution is 6.07. The number of cyclic esters (lactones) is 1. The summed E-state index contributed by atoms with van der Waals surface area (Å²) in [5.74, 6) is 0.126. The average Bonchev–Trinajstić information content (AvgIpc) is 2.80. The smallest absolute Gasteiger partial charge is 0.340 e. The molecule has 0 bridgehead atoms. The Morgan fingerprint density at radius 1 is 1.05 bits per heavy atom. The van der Waals surface area contributed by atoms with Crippen LogP contribution in [0.3, 0.4) is 0 Å². The van der Waals surface area contributed by atoms with Crippen LogP contribution >= 0.6 is 0 Å². The van der Waals surface area contributed by atoms with Gasteiger partial charge >= 0.3 is 5.97 Å². The molecule has 0 saturated heterocycles. The molecule has 0 spiro atoms. The molecule has 3 heteroatoms. The fraction of sp³-hybridized carbons (Fsp3) is 0.263. The van der Waals surface area contributed by atoms with E-state index < -0.39 is 5.54 Å². The Bertz CT molecular complexity index is 749. The molecule has 1 heterocycles. The van der Waals surface area contributed by atoms with E-state index in [1.807, 2.05) is 37.3 Å². The van der Waals surface area contributed by atoms with Gasteiger partial charge in [-0.15, -0.1) is 0 Å². The van der Waals surface area contributed by atoms with Crippen LogP contribution in [0.25, 0.3) is 0 Å². The SMILES string of the molecule is Cc1ccc(C[C@@]2(C)N=C(c3ccccc3)OC2=O)cc1C. The number of hydrogen-bond acceptors (Lipinski definition) is 3. The molecule has 0 unspecified atom stereocenters. The summed E-state index contributed by atoms with van der Waals surface area (Å²) >= 11 is 0. The van der Waals surface area contributed by atoms with Crippen LogP contribution in [0.15, 0.2) is 53.5 Å². The number of nitrogens with zero attached hydrogens (tertiary/aromatic N) is 1. The second kappa shape index (κ2) is 5.41. The zero-order valence-corrected chi connectivity index (χ0v) is 13.1. The minimum absolute atomic E-state index is 0.287. The summed E-state index contributed by atoms with van der Waals surface area (Å²) in [6.45, 7) is 5.99. The molecule has 2 aromatic rings. The first kappa shape index (κ1) is 14.5. The van der Waals surface area contributed by atoms with Gasteiger partial charge in [0, 0.05) is 12.0 Å². The van der Waals surface area contributed by atoms with Crippen molar-refractivity contribution in [1.82, 2.24) is 0 Å². The molecule has 1 atom stereocenters. The summed E-state index contributed by atoms with van der Waals surface area (Å²) < 4.78 is 5.40. The molecule has 1 aliphatic heterocycles. The van der Waals surface area contributed by atoms with Crippen LogP contribution < -0.4 is 0 Å². The lowest BCUT2D eigenvalue weighted by molar-refractivity contribution is -0.138. The van der Waals surface area contributed by atoms with Gasteiger partial charge < -0.3 is 4.74 Å². The highest BCUT2D eigenvalue weighted by atomic mass is 16.6. The van der Waals surface area contributed by atoms with E-state index in [2.05, 4.69) is 37.0 Å². The fourth-order valence-corrected chi connectivity index (χ4v) is 2.62. The van der Waals surface area contributed by atoms with E-state index in [0.717, 1.165) is 11.1 Å². The first-order valence-electron chi connectivity index (χ1n) is 7.42. The van der Waals surface area contributed by atoms with E-state index >= 15 is 0 Å². The van der Waals surface area contributed by atoms with Gasteiger partial charge in [0.05, 0.1) is 0 Å². The molecular weight excluding hydrogens is 274 g/mol. The molecule has 0 saturated carbocycles. The Morgan fingerprint density at radius 3 is 2.45 bits per heavy atom. The predicted molar refractivity (Wildman–Crippen MR) is 87.1 cm³/mol. The summed E-state index contributed by atoms with van der Waals surface area (Å²) in [4.78, 5) is 16.9. The van der Waals surface area contributed by atoms with Gasteiger partial charge in [0.2, 0.25) is 5.90 Å². The molecule has 0 amide bonds. The van der Waals surface area contributed by atoms with E-state index in [9.17, 15) is 4.79 Å². The standard InChI is InChI=1S/C19H19NO2/c1-13-9-10-15(11-14(13)2)12-19(3)18(21)22-17(20-19)16-7-5-4-6-8-16/h4-11H,12H2,1-3H3/t19-/m1/s1. The second-order valence-electron chi connectivity index (χ2n) is 6.04. The number of aryl methyl sites for hydroxylation is 2. The van der Waals surface area contributed by atoms with Gasteiger partial charge in [0.25, 0.3) is 0 Å². The molecule has 3 nitrogen and oxygen atoms in total. The van der Waals surface area contributed by atoms with Gasteiger partial charge in [0.1, 0.15) is 0 Å². The number of rotatable bonds is 3. The number of benzene rings is 2. The Balaban J connectivity index is 1.90. The van der Waals surface area contributed by atoms with Crippen LogP contribution in [0.2, 0.25) is 0 Å². The molecule has 0 fully saturated rings. The molecular formula is C19H19NO2. The third-order valence-corrected chi connectivity index (χ3v) is 4.12. The number of aliphatic imine (C=N–C) groups is 1. The predicted octanol–water partition coefficient (Wildman–Crippen LogP) is 3.61. The molecule has 112 valence electrons. The Hall–Kier alpha value is -2.42. The summed E-state index contributed by atoms with van der Waals surface area (Å²) in [5, 5.41) is 0. The number of carbonyl (C=O) groups is 1. The molecule has 1 aliphatic rings. The lowest BCUT2D eigenvalue weighted by atomic mass is 9.92. The number of hydrogen-bond donors (Lipinski definition) is 0. The highest BCUT2D eigenvalue weighted by Crippen LogP contribution is 2.27. The van der Waals surface area contributed by atoms with Crippen molar-refractivity contribution in [3.63, 3.8) is 0 Å². The third kappa shape index (κ3) is 2.67. The maximum absolute atomic E-state index is 12.3. The average molecular weight is 293 g/mol. The van der Waals surface area contributed by atoms with Crippen molar-refractivity contribution in [1.29, 1.82) is 0 Å². The zero-order valence-electron chi connectivity index (χ0n) is 13.1. The maximum Gasteiger partial charge on any atom is 0.340 e. The van der Waals surface area contributed by atoms with Crippen LogP contribution in [0.4, 0.5) is 0 Å². The van der Waals surface area contributed by atoms with E-state index in [1.165, 1.54) is 11.1 Å². The van der Waals surface area contributed by atoms with E-state index in [1.54, 1.807) is 0 Å². The van der Waals surface area contributed by atoms with Crippen molar-refractivity contribution in [3.05, 3.63) is 70.8 Å². The van der Waals surface area contributed by atoms with Crippen molar-refractivity contribution < 1.29 is 9.53 Å². The fourth-order valence-electron chi connectivity index (χ4n) is 2.62. The van der Waals surface area contributed by atoms with Gasteiger partial charge in [0.15, 0.2) is 5.54 Å². The lowest BCUT2D eigenvalue weighted by Gasteiger charge is -2.16. The summed E-state index contributed by atoms with van der Waals surface area (Å²) in [6.07, 6.45) is 0.545. The van der Waals surface area contributed by atoms with E-state index in [-0.39, 0.29) is 5.97 Å². The summed E-state index contributed by atoms with van der Waals surface area (Å²) in [7, 11) is 0. The van der Waals surface area contributed by atoms with Crippen molar-refractivity contribution in [2.75, 3.05) is 0 Å². The van der Waals surface area contributed by atoms with Gasteiger partial charge in [-0.3, -0.25) is 0 Å². The Kier molecular flexibility index (Phi) is 3.57. The van der Waals surface area contributed by atoms with Gasteiger partial charge in [-0.05, 0) is 49.6 Å². The molecule has 0 N–H and O–H groups in total. The van der Waals surface area contributed by atoms with Crippen molar-refractivity contribution in [2.45, 2.75) is 32.7 Å². The highest BCUT2D eigenvalue weighted by Gasteiger charge is 2.42. The van der Waals surface area contributed by atoms with Crippen LogP contribution in [0.5, 0.6) is 0 Å². The monoisotopic (exact) mass is 293 g/mol. The minimum Gasteiger partial charge on any atom is -0.405 e. The van der Waals surface area contributed by atoms with Gasteiger partial charge in [-0.25, -0.2) is 9.79 Å². The van der Waals surface area contributed by atoms with Crippen LogP contribution in [-0.2, 0) is 16.0 Å². The van der Waals surface area contributed by atoms with Crippen LogP contribution in [-0.4, -0.2) is 17.4 Å². The summed E-state index contributed by atoms with van der Waals surface area (Å²) in [6, 6.07) is 15.8. The second-order valence-corrected chi connectivity index (χ2v) is 6.04. The molecule has 0 radical (unpaired) electrons. The Morgan fingerprint density at radius 2 is 1.77 bits per heavy atom. The molecule has 22 heavy (non-hydrogen) atoms. The first-order valence-corrected chi connectivity index (χ1v) is 7.42. The van der Waals surface area contributed by atoms with Crippen molar-refractivity contribution in [3.8, 4) is 0 Å². The maximum atomic E-state index is 12.3. The van der Waals surface area contributed by atoms with Gasteiger partial charge in [-0.2, -0.15) is 0 Å². The number of carbonyl (C=O) groups excluding carboxylic acids is 1. The molecule has 3 rings (SSSR count).